The van der Waals surface area contributed by atoms with Gasteiger partial charge in [0.2, 0.25) is 0 Å². The number of nitrogens with one attached hydrogen (secondary N) is 1. The van der Waals surface area contributed by atoms with Gasteiger partial charge in [-0.25, -0.2) is 4.98 Å². The Morgan fingerprint density at radius 2 is 2.14 bits per heavy atom. The fourth-order valence-electron chi connectivity index (χ4n) is 1.57. The maximum atomic E-state index is 5.64. The predicted octanol–water partition coefficient (Wildman–Crippen LogP) is 2.87. The molecule has 0 amide bonds. The molecule has 0 saturated carbocycles. The molecule has 0 radical (unpaired) electrons. The summed E-state index contributed by atoms with van der Waals surface area (Å²) >= 11 is 2.31. The van der Waals surface area contributed by atoms with Crippen LogP contribution in [0.3, 0.4) is 0 Å². The molecule has 0 unspecified atom stereocenters. The van der Waals surface area contributed by atoms with E-state index in [0.717, 1.165) is 11.0 Å². The molecule has 1 aromatic heterocycles. The Kier molecular flexibility index (Phi) is 2.38. The van der Waals surface area contributed by atoms with E-state index in [1.54, 1.807) is 0 Å². The minimum atomic E-state index is 0.468. The molecule has 74 valence electrons. The van der Waals surface area contributed by atoms with Gasteiger partial charge in [0.15, 0.2) is 5.95 Å². The molecule has 1 heterocycles. The van der Waals surface area contributed by atoms with Crippen LogP contribution in [-0.2, 0) is 0 Å². The van der Waals surface area contributed by atoms with Crippen molar-refractivity contribution in [1.82, 2.24) is 9.97 Å². The summed E-state index contributed by atoms with van der Waals surface area (Å²) < 4.78 is 1.21. The molecule has 4 heteroatoms. The first kappa shape index (κ1) is 9.76. The lowest BCUT2D eigenvalue weighted by Crippen LogP contribution is -1.90. The number of benzene rings is 1. The molecule has 2 aromatic rings. The number of nitrogen functional groups attached to an aromatic ring is 1. The average molecular weight is 301 g/mol. The van der Waals surface area contributed by atoms with Crippen molar-refractivity contribution in [3.8, 4) is 0 Å². The van der Waals surface area contributed by atoms with E-state index in [-0.39, 0.29) is 0 Å². The molecule has 1 aromatic carbocycles. The third-order valence-corrected chi connectivity index (χ3v) is 2.84. The predicted molar refractivity (Wildman–Crippen MR) is 67.3 cm³/mol. The number of fused-ring (bicyclic) bond motifs is 1. The lowest BCUT2D eigenvalue weighted by atomic mass is 10.0. The number of anilines is 1. The summed E-state index contributed by atoms with van der Waals surface area (Å²) in [6.45, 7) is 4.32. The highest BCUT2D eigenvalue weighted by molar-refractivity contribution is 14.1. The van der Waals surface area contributed by atoms with Crippen LogP contribution in [0.5, 0.6) is 0 Å². The zero-order chi connectivity index (χ0) is 10.3. The molecule has 3 N–H and O–H groups in total. The summed E-state index contributed by atoms with van der Waals surface area (Å²) in [6.07, 6.45) is 0. The summed E-state index contributed by atoms with van der Waals surface area (Å²) in [6, 6.07) is 4.22. The van der Waals surface area contributed by atoms with E-state index in [2.05, 4.69) is 58.5 Å². The monoisotopic (exact) mass is 301 g/mol. The molecule has 0 atom stereocenters. The standard InChI is InChI=1S/C10H12IN3/c1-5(2)7-3-6(11)4-8-9(7)14-10(12)13-8/h3-5H,1-2H3,(H3,12,13,14). The summed E-state index contributed by atoms with van der Waals surface area (Å²) in [4.78, 5) is 7.35. The summed E-state index contributed by atoms with van der Waals surface area (Å²) in [5.74, 6) is 0.957. The molecular formula is C10H12IN3. The second-order valence-electron chi connectivity index (χ2n) is 3.67. The Bertz CT molecular complexity index is 473. The number of nitrogens with two attached hydrogens (primary N) is 1. The third-order valence-electron chi connectivity index (χ3n) is 2.22. The highest BCUT2D eigenvalue weighted by atomic mass is 127. The minimum Gasteiger partial charge on any atom is -0.369 e. The van der Waals surface area contributed by atoms with E-state index < -0.39 is 0 Å². The van der Waals surface area contributed by atoms with Gasteiger partial charge < -0.3 is 10.7 Å². The van der Waals surface area contributed by atoms with Crippen molar-refractivity contribution in [2.24, 2.45) is 0 Å². The van der Waals surface area contributed by atoms with E-state index in [1.165, 1.54) is 9.13 Å². The van der Waals surface area contributed by atoms with Gasteiger partial charge in [0.1, 0.15) is 0 Å². The fourth-order valence-corrected chi connectivity index (χ4v) is 2.21. The SMILES string of the molecule is CC(C)c1cc(I)cc2[nH]c(N)nc12. The van der Waals surface area contributed by atoms with Gasteiger partial charge in [0.05, 0.1) is 11.0 Å². The van der Waals surface area contributed by atoms with Gasteiger partial charge >= 0.3 is 0 Å². The molecule has 0 fully saturated rings. The van der Waals surface area contributed by atoms with Gasteiger partial charge in [-0.2, -0.15) is 0 Å². The van der Waals surface area contributed by atoms with Gasteiger partial charge in [-0.1, -0.05) is 13.8 Å². The number of aromatic amines is 1. The summed E-state index contributed by atoms with van der Waals surface area (Å²) in [7, 11) is 0. The van der Waals surface area contributed by atoms with Crippen LogP contribution in [0.1, 0.15) is 25.3 Å². The van der Waals surface area contributed by atoms with Crippen LogP contribution < -0.4 is 5.73 Å². The topological polar surface area (TPSA) is 54.7 Å². The van der Waals surface area contributed by atoms with Crippen LogP contribution in [0.4, 0.5) is 5.95 Å². The first-order chi connectivity index (χ1) is 6.58. The van der Waals surface area contributed by atoms with Crippen LogP contribution in [0, 0.1) is 3.57 Å². The molecule has 0 saturated heterocycles. The highest BCUT2D eigenvalue weighted by Gasteiger charge is 2.10. The van der Waals surface area contributed by atoms with Gasteiger partial charge in [0, 0.05) is 3.57 Å². The van der Waals surface area contributed by atoms with Crippen LogP contribution in [0.15, 0.2) is 12.1 Å². The number of nitrogens with zero attached hydrogens (tertiary/aromatic N) is 1. The average Bonchev–Trinajstić information content (AvgIpc) is 2.42. The number of aromatic nitrogens is 2. The van der Waals surface area contributed by atoms with Crippen molar-refractivity contribution >= 4 is 39.6 Å². The quantitative estimate of drug-likeness (QED) is 0.796. The second kappa shape index (κ2) is 3.42. The van der Waals surface area contributed by atoms with Gasteiger partial charge in [0.25, 0.3) is 0 Å². The molecule has 0 spiro atoms. The van der Waals surface area contributed by atoms with E-state index in [1.807, 2.05) is 0 Å². The first-order valence-electron chi connectivity index (χ1n) is 4.52. The molecule has 0 aliphatic carbocycles. The molecule has 0 bridgehead atoms. The van der Waals surface area contributed by atoms with Gasteiger partial charge in [-0.15, -0.1) is 0 Å². The highest BCUT2D eigenvalue weighted by Crippen LogP contribution is 2.26. The lowest BCUT2D eigenvalue weighted by Gasteiger charge is -2.06. The smallest absolute Gasteiger partial charge is 0.198 e. The van der Waals surface area contributed by atoms with Gasteiger partial charge in [-0.05, 0) is 46.2 Å². The van der Waals surface area contributed by atoms with Crippen LogP contribution in [-0.4, -0.2) is 9.97 Å². The van der Waals surface area contributed by atoms with E-state index in [0.29, 0.717) is 11.9 Å². The maximum absolute atomic E-state index is 5.64. The van der Waals surface area contributed by atoms with Crippen molar-refractivity contribution in [2.75, 3.05) is 5.73 Å². The maximum Gasteiger partial charge on any atom is 0.198 e. The number of hydrogen-bond acceptors (Lipinski definition) is 2. The number of hydrogen-bond donors (Lipinski definition) is 2. The van der Waals surface area contributed by atoms with Crippen molar-refractivity contribution in [1.29, 1.82) is 0 Å². The van der Waals surface area contributed by atoms with E-state index in [4.69, 9.17) is 5.73 Å². The summed E-state index contributed by atoms with van der Waals surface area (Å²) in [5.41, 5.74) is 8.91. The van der Waals surface area contributed by atoms with Crippen molar-refractivity contribution < 1.29 is 0 Å². The van der Waals surface area contributed by atoms with Crippen molar-refractivity contribution in [2.45, 2.75) is 19.8 Å². The molecular weight excluding hydrogens is 289 g/mol. The normalized spacial score (nSPS) is 11.4. The Labute approximate surface area is 96.2 Å². The lowest BCUT2D eigenvalue weighted by molar-refractivity contribution is 0.873. The van der Waals surface area contributed by atoms with Crippen LogP contribution in [0.2, 0.25) is 0 Å². The number of imidazole rings is 1. The summed E-state index contributed by atoms with van der Waals surface area (Å²) in [5, 5.41) is 0. The Morgan fingerprint density at radius 1 is 1.43 bits per heavy atom. The molecule has 0 aliphatic heterocycles. The van der Waals surface area contributed by atoms with E-state index in [9.17, 15) is 0 Å². The Balaban J connectivity index is 2.79. The largest absolute Gasteiger partial charge is 0.369 e. The van der Waals surface area contributed by atoms with Gasteiger partial charge in [-0.3, -0.25) is 0 Å². The van der Waals surface area contributed by atoms with Crippen LogP contribution in [0.25, 0.3) is 11.0 Å². The first-order valence-corrected chi connectivity index (χ1v) is 5.60. The number of halogens is 1. The zero-order valence-electron chi connectivity index (χ0n) is 8.13. The molecule has 3 nitrogen and oxygen atoms in total. The van der Waals surface area contributed by atoms with Crippen molar-refractivity contribution in [3.05, 3.63) is 21.3 Å². The molecule has 14 heavy (non-hydrogen) atoms. The Morgan fingerprint density at radius 3 is 2.79 bits per heavy atom. The number of rotatable bonds is 1. The Hall–Kier alpha value is -0.780. The molecule has 0 aliphatic rings. The minimum absolute atomic E-state index is 0.468. The molecule has 2 rings (SSSR count). The zero-order valence-corrected chi connectivity index (χ0v) is 10.3. The van der Waals surface area contributed by atoms with Crippen LogP contribution >= 0.6 is 22.6 Å². The van der Waals surface area contributed by atoms with Crippen molar-refractivity contribution in [3.63, 3.8) is 0 Å². The van der Waals surface area contributed by atoms with E-state index >= 15 is 0 Å². The third kappa shape index (κ3) is 1.58. The fraction of sp³-hybridized carbons (Fsp3) is 0.300. The second-order valence-corrected chi connectivity index (χ2v) is 4.91. The number of H-pyrrole nitrogens is 1.